The van der Waals surface area contributed by atoms with Crippen LogP contribution in [0.4, 0.5) is 0 Å². The fourth-order valence-electron chi connectivity index (χ4n) is 3.10. The quantitative estimate of drug-likeness (QED) is 0.931. The van der Waals surface area contributed by atoms with Gasteiger partial charge in [0.15, 0.2) is 0 Å². The number of rotatable bonds is 3. The predicted octanol–water partition coefficient (Wildman–Crippen LogP) is 2.62. The maximum atomic E-state index is 12.5. The number of carbonyl (C=O) groups is 1. The van der Waals surface area contributed by atoms with Gasteiger partial charge in [0.2, 0.25) is 0 Å². The van der Waals surface area contributed by atoms with E-state index in [1.54, 1.807) is 24.0 Å². The van der Waals surface area contributed by atoms with E-state index in [0.29, 0.717) is 5.69 Å². The predicted molar refractivity (Wildman–Crippen MR) is 77.3 cm³/mol. The van der Waals surface area contributed by atoms with Crippen molar-refractivity contribution >= 4 is 5.91 Å². The van der Waals surface area contributed by atoms with Crippen LogP contribution < -0.4 is 5.32 Å². The van der Waals surface area contributed by atoms with E-state index in [0.717, 1.165) is 25.7 Å². The monoisotopic (exact) mass is 269 g/mol. The average Bonchev–Trinajstić information content (AvgIpc) is 3.09. The van der Waals surface area contributed by atoms with Gasteiger partial charge in [-0.05, 0) is 24.5 Å². The summed E-state index contributed by atoms with van der Waals surface area (Å²) in [5, 5.41) is 7.32. The van der Waals surface area contributed by atoms with Crippen molar-refractivity contribution in [2.24, 2.45) is 7.05 Å². The number of nitrogens with zero attached hydrogens (tertiary/aromatic N) is 2. The summed E-state index contributed by atoms with van der Waals surface area (Å²) in [5.74, 6) is -0.0456. The summed E-state index contributed by atoms with van der Waals surface area (Å²) in [7, 11) is 1.79. The van der Waals surface area contributed by atoms with Crippen LogP contribution in [0.2, 0.25) is 0 Å². The van der Waals surface area contributed by atoms with Crippen molar-refractivity contribution in [3.05, 3.63) is 53.9 Å². The lowest BCUT2D eigenvalue weighted by Crippen LogP contribution is -2.44. The zero-order chi connectivity index (χ0) is 14.0. The Bertz CT molecular complexity index is 597. The SMILES string of the molecule is Cn1nccc1C(=O)NC1(c2ccccc2)CCCC1. The first-order valence-corrected chi connectivity index (χ1v) is 7.07. The molecule has 0 bridgehead atoms. The van der Waals surface area contributed by atoms with Gasteiger partial charge in [0.25, 0.3) is 5.91 Å². The van der Waals surface area contributed by atoms with Crippen LogP contribution in [0.15, 0.2) is 42.6 Å². The molecule has 1 fully saturated rings. The Morgan fingerprint density at radius 3 is 2.50 bits per heavy atom. The number of hydrogen-bond acceptors (Lipinski definition) is 2. The van der Waals surface area contributed by atoms with Crippen LogP contribution in [-0.4, -0.2) is 15.7 Å². The molecule has 0 atom stereocenters. The Kier molecular flexibility index (Phi) is 3.30. The minimum absolute atomic E-state index is 0.0456. The van der Waals surface area contributed by atoms with Crippen molar-refractivity contribution in [3.8, 4) is 0 Å². The van der Waals surface area contributed by atoms with Gasteiger partial charge in [0, 0.05) is 13.2 Å². The van der Waals surface area contributed by atoms with Crippen molar-refractivity contribution in [1.29, 1.82) is 0 Å². The molecular formula is C16H19N3O. The molecule has 3 rings (SSSR count). The topological polar surface area (TPSA) is 46.9 Å². The maximum absolute atomic E-state index is 12.5. The van der Waals surface area contributed by atoms with Crippen LogP contribution >= 0.6 is 0 Å². The third kappa shape index (κ3) is 2.22. The van der Waals surface area contributed by atoms with E-state index in [-0.39, 0.29) is 11.4 Å². The molecule has 1 aromatic carbocycles. The number of carbonyl (C=O) groups excluding carboxylic acids is 1. The fraction of sp³-hybridized carbons (Fsp3) is 0.375. The van der Waals surface area contributed by atoms with Gasteiger partial charge >= 0.3 is 0 Å². The lowest BCUT2D eigenvalue weighted by atomic mass is 9.88. The van der Waals surface area contributed by atoms with Gasteiger partial charge < -0.3 is 5.32 Å². The van der Waals surface area contributed by atoms with Gasteiger partial charge in [-0.15, -0.1) is 0 Å². The van der Waals surface area contributed by atoms with E-state index in [1.807, 2.05) is 18.2 Å². The summed E-state index contributed by atoms with van der Waals surface area (Å²) in [5.41, 5.74) is 1.59. The molecule has 1 aliphatic rings. The molecule has 0 spiro atoms. The molecule has 4 nitrogen and oxygen atoms in total. The summed E-state index contributed by atoms with van der Waals surface area (Å²) in [6.45, 7) is 0. The van der Waals surface area contributed by atoms with Crippen LogP contribution in [0.3, 0.4) is 0 Å². The first-order valence-electron chi connectivity index (χ1n) is 7.07. The molecule has 1 amide bonds. The number of benzene rings is 1. The molecule has 1 heterocycles. The van der Waals surface area contributed by atoms with Gasteiger partial charge in [0.1, 0.15) is 5.69 Å². The Morgan fingerprint density at radius 2 is 1.90 bits per heavy atom. The summed E-state index contributed by atoms with van der Waals surface area (Å²) >= 11 is 0. The molecule has 1 N–H and O–H groups in total. The van der Waals surface area contributed by atoms with Gasteiger partial charge in [-0.1, -0.05) is 43.2 Å². The van der Waals surface area contributed by atoms with Crippen molar-refractivity contribution in [2.45, 2.75) is 31.2 Å². The summed E-state index contributed by atoms with van der Waals surface area (Å²) in [4.78, 5) is 12.5. The van der Waals surface area contributed by atoms with Crippen LogP contribution in [0.5, 0.6) is 0 Å². The molecule has 0 aliphatic heterocycles. The molecule has 20 heavy (non-hydrogen) atoms. The average molecular weight is 269 g/mol. The highest BCUT2D eigenvalue weighted by Gasteiger charge is 2.37. The zero-order valence-corrected chi connectivity index (χ0v) is 11.7. The lowest BCUT2D eigenvalue weighted by molar-refractivity contribution is 0.0888. The standard InChI is InChI=1S/C16H19N3O/c1-19-14(9-12-17-19)15(20)18-16(10-5-6-11-16)13-7-3-2-4-8-13/h2-4,7-9,12H,5-6,10-11H2,1H3,(H,18,20). The largest absolute Gasteiger partial charge is 0.341 e. The van der Waals surface area contributed by atoms with Gasteiger partial charge in [-0.3, -0.25) is 9.48 Å². The van der Waals surface area contributed by atoms with Gasteiger partial charge in [-0.2, -0.15) is 5.10 Å². The van der Waals surface area contributed by atoms with Crippen LogP contribution in [0, 0.1) is 0 Å². The molecule has 0 unspecified atom stereocenters. The molecule has 4 heteroatoms. The normalized spacial score (nSPS) is 17.1. The minimum atomic E-state index is -0.220. The molecule has 0 radical (unpaired) electrons. The number of aromatic nitrogens is 2. The summed E-state index contributed by atoms with van der Waals surface area (Å²) in [6, 6.07) is 12.0. The second-order valence-electron chi connectivity index (χ2n) is 5.45. The lowest BCUT2D eigenvalue weighted by Gasteiger charge is -2.31. The van der Waals surface area contributed by atoms with Crippen LogP contribution in [-0.2, 0) is 12.6 Å². The van der Waals surface area contributed by atoms with Crippen molar-refractivity contribution in [2.75, 3.05) is 0 Å². The molecule has 1 saturated carbocycles. The van der Waals surface area contributed by atoms with Crippen LogP contribution in [0.25, 0.3) is 0 Å². The van der Waals surface area contributed by atoms with E-state index in [4.69, 9.17) is 0 Å². The van der Waals surface area contributed by atoms with Crippen molar-refractivity contribution in [3.63, 3.8) is 0 Å². The van der Waals surface area contributed by atoms with Crippen molar-refractivity contribution in [1.82, 2.24) is 15.1 Å². The second kappa shape index (κ2) is 5.12. The third-order valence-electron chi connectivity index (χ3n) is 4.19. The highest BCUT2D eigenvalue weighted by molar-refractivity contribution is 5.93. The number of amides is 1. The third-order valence-corrected chi connectivity index (χ3v) is 4.19. The fourth-order valence-corrected chi connectivity index (χ4v) is 3.10. The van der Waals surface area contributed by atoms with Crippen molar-refractivity contribution < 1.29 is 4.79 Å². The Hall–Kier alpha value is -2.10. The second-order valence-corrected chi connectivity index (χ2v) is 5.45. The molecule has 2 aromatic rings. The summed E-state index contributed by atoms with van der Waals surface area (Å²) < 4.78 is 1.61. The minimum Gasteiger partial charge on any atom is -0.341 e. The number of aryl methyl sites for hydroxylation is 1. The molecule has 1 aliphatic carbocycles. The van der Waals surface area contributed by atoms with Crippen LogP contribution in [0.1, 0.15) is 41.7 Å². The molecule has 104 valence electrons. The molecular weight excluding hydrogens is 250 g/mol. The summed E-state index contributed by atoms with van der Waals surface area (Å²) in [6.07, 6.45) is 5.96. The highest BCUT2D eigenvalue weighted by atomic mass is 16.2. The number of nitrogens with one attached hydrogen (secondary N) is 1. The smallest absolute Gasteiger partial charge is 0.270 e. The van der Waals surface area contributed by atoms with E-state index in [1.165, 1.54) is 5.56 Å². The zero-order valence-electron chi connectivity index (χ0n) is 11.7. The van der Waals surface area contributed by atoms with E-state index < -0.39 is 0 Å². The van der Waals surface area contributed by atoms with E-state index in [9.17, 15) is 4.79 Å². The molecule has 0 saturated heterocycles. The van der Waals surface area contributed by atoms with E-state index >= 15 is 0 Å². The van der Waals surface area contributed by atoms with Gasteiger partial charge in [-0.25, -0.2) is 0 Å². The van der Waals surface area contributed by atoms with E-state index in [2.05, 4.69) is 22.5 Å². The highest BCUT2D eigenvalue weighted by Crippen LogP contribution is 2.38. The first-order chi connectivity index (χ1) is 9.71. The molecule has 1 aromatic heterocycles. The Morgan fingerprint density at radius 1 is 1.20 bits per heavy atom. The Balaban J connectivity index is 1.89. The van der Waals surface area contributed by atoms with Gasteiger partial charge in [0.05, 0.1) is 5.54 Å². The first kappa shape index (κ1) is 12.9. The number of hydrogen-bond donors (Lipinski definition) is 1. The maximum Gasteiger partial charge on any atom is 0.270 e. The Labute approximate surface area is 118 Å².